The summed E-state index contributed by atoms with van der Waals surface area (Å²) in [5, 5.41) is 3.21. The van der Waals surface area contributed by atoms with E-state index in [1.807, 2.05) is 0 Å². The molecule has 1 N–H and O–H groups in total. The molecule has 3 nitrogen and oxygen atoms in total. The lowest BCUT2D eigenvalue weighted by molar-refractivity contribution is -0.137. The van der Waals surface area contributed by atoms with Crippen LogP contribution in [0.3, 0.4) is 0 Å². The average molecular weight is 302 g/mol. The van der Waals surface area contributed by atoms with E-state index in [-0.39, 0.29) is 5.02 Å². The molecule has 1 aromatic heterocycles. The van der Waals surface area contributed by atoms with Crippen LogP contribution in [-0.2, 0) is 6.18 Å². The number of benzene rings is 1. The van der Waals surface area contributed by atoms with Gasteiger partial charge in [0.15, 0.2) is 0 Å². The molecule has 0 aliphatic heterocycles. The Morgan fingerprint density at radius 2 is 2.00 bits per heavy atom. The number of hydrogen-bond donors (Lipinski definition) is 1. The van der Waals surface area contributed by atoms with Crippen molar-refractivity contribution in [2.45, 2.75) is 25.1 Å². The summed E-state index contributed by atoms with van der Waals surface area (Å²) >= 11 is 5.79. The number of nitrogens with zero attached hydrogens (tertiary/aromatic N) is 2. The number of hydrogen-bond acceptors (Lipinski definition) is 2. The first-order valence-electron chi connectivity index (χ1n) is 6.11. The van der Waals surface area contributed by atoms with Crippen molar-refractivity contribution in [2.75, 3.05) is 5.32 Å². The maximum absolute atomic E-state index is 12.8. The SMILES string of the molecule is FC(F)(F)c1cc(Cl)cc(-n2ccnc2NC2CC2)c1. The molecule has 1 fully saturated rings. The second-order valence-corrected chi connectivity index (χ2v) is 5.17. The zero-order chi connectivity index (χ0) is 14.3. The molecule has 0 spiro atoms. The quantitative estimate of drug-likeness (QED) is 0.924. The largest absolute Gasteiger partial charge is 0.416 e. The van der Waals surface area contributed by atoms with Gasteiger partial charge in [-0.1, -0.05) is 11.6 Å². The molecule has 0 radical (unpaired) electrons. The van der Waals surface area contributed by atoms with Crippen LogP contribution in [-0.4, -0.2) is 15.6 Å². The molecule has 1 aromatic carbocycles. The topological polar surface area (TPSA) is 29.9 Å². The summed E-state index contributed by atoms with van der Waals surface area (Å²) in [7, 11) is 0. The lowest BCUT2D eigenvalue weighted by Gasteiger charge is -2.13. The Morgan fingerprint density at radius 1 is 1.25 bits per heavy atom. The second-order valence-electron chi connectivity index (χ2n) is 4.74. The number of anilines is 1. The Labute approximate surface area is 118 Å². The highest BCUT2D eigenvalue weighted by Gasteiger charge is 2.31. The van der Waals surface area contributed by atoms with Crippen LogP contribution in [0.15, 0.2) is 30.6 Å². The molecular weight excluding hydrogens is 291 g/mol. The predicted octanol–water partition coefficient (Wildman–Crippen LogP) is 4.12. The summed E-state index contributed by atoms with van der Waals surface area (Å²) in [6.07, 6.45) is 0.826. The lowest BCUT2D eigenvalue weighted by Crippen LogP contribution is -2.09. The molecule has 1 heterocycles. The van der Waals surface area contributed by atoms with Crippen molar-refractivity contribution >= 4 is 17.5 Å². The average Bonchev–Trinajstić information content (AvgIpc) is 3.03. The molecule has 1 saturated carbocycles. The molecular formula is C13H11ClF3N3. The van der Waals surface area contributed by atoms with Gasteiger partial charge in [-0.2, -0.15) is 13.2 Å². The van der Waals surface area contributed by atoms with Crippen LogP contribution in [0.5, 0.6) is 0 Å². The minimum absolute atomic E-state index is 0.0425. The van der Waals surface area contributed by atoms with E-state index in [2.05, 4.69) is 10.3 Å². The summed E-state index contributed by atoms with van der Waals surface area (Å²) in [5.74, 6) is 0.530. The Kier molecular flexibility index (Phi) is 3.12. The molecule has 0 amide bonds. The molecule has 2 aromatic rings. The molecule has 7 heteroatoms. The fourth-order valence-electron chi connectivity index (χ4n) is 1.91. The van der Waals surface area contributed by atoms with Crippen molar-refractivity contribution in [1.82, 2.24) is 9.55 Å². The minimum atomic E-state index is -4.43. The van der Waals surface area contributed by atoms with E-state index in [0.29, 0.717) is 17.7 Å². The predicted molar refractivity (Wildman–Crippen MR) is 70.2 cm³/mol. The van der Waals surface area contributed by atoms with Crippen molar-refractivity contribution < 1.29 is 13.2 Å². The zero-order valence-electron chi connectivity index (χ0n) is 10.3. The highest BCUT2D eigenvalue weighted by Crippen LogP contribution is 2.33. The van der Waals surface area contributed by atoms with Crippen LogP contribution in [0.1, 0.15) is 18.4 Å². The highest BCUT2D eigenvalue weighted by atomic mass is 35.5. The lowest BCUT2D eigenvalue weighted by atomic mass is 10.2. The van der Waals surface area contributed by atoms with Gasteiger partial charge in [-0.05, 0) is 31.0 Å². The summed E-state index contributed by atoms with van der Waals surface area (Å²) in [6, 6.07) is 3.82. The van der Waals surface area contributed by atoms with Crippen LogP contribution in [0, 0.1) is 0 Å². The number of halogens is 4. The normalized spacial score (nSPS) is 15.4. The third kappa shape index (κ3) is 2.75. The van der Waals surface area contributed by atoms with Gasteiger partial charge < -0.3 is 5.32 Å². The highest BCUT2D eigenvalue weighted by molar-refractivity contribution is 6.30. The number of nitrogens with one attached hydrogen (secondary N) is 1. The van der Waals surface area contributed by atoms with Gasteiger partial charge in [0.1, 0.15) is 0 Å². The fourth-order valence-corrected chi connectivity index (χ4v) is 2.14. The fraction of sp³-hybridized carbons (Fsp3) is 0.308. The van der Waals surface area contributed by atoms with Crippen molar-refractivity contribution in [3.05, 3.63) is 41.2 Å². The third-order valence-corrected chi connectivity index (χ3v) is 3.26. The van der Waals surface area contributed by atoms with Crippen LogP contribution in [0.2, 0.25) is 5.02 Å². The van der Waals surface area contributed by atoms with E-state index < -0.39 is 11.7 Å². The standard InChI is InChI=1S/C13H11ClF3N3/c14-9-5-8(13(15,16)17)6-11(7-9)20-4-3-18-12(20)19-10-1-2-10/h3-7,10H,1-2H2,(H,18,19). The summed E-state index contributed by atoms with van der Waals surface area (Å²) in [4.78, 5) is 4.12. The van der Waals surface area contributed by atoms with Gasteiger partial charge in [-0.25, -0.2) is 4.98 Å². The van der Waals surface area contributed by atoms with Crippen LogP contribution < -0.4 is 5.32 Å². The third-order valence-electron chi connectivity index (χ3n) is 3.04. The van der Waals surface area contributed by atoms with Gasteiger partial charge in [0, 0.05) is 23.5 Å². The first-order valence-corrected chi connectivity index (χ1v) is 6.49. The second kappa shape index (κ2) is 4.70. The maximum atomic E-state index is 12.8. The van der Waals surface area contributed by atoms with Gasteiger partial charge in [0.25, 0.3) is 0 Å². The van der Waals surface area contributed by atoms with Crippen molar-refractivity contribution in [2.24, 2.45) is 0 Å². The maximum Gasteiger partial charge on any atom is 0.416 e. The Bertz CT molecular complexity index is 632. The monoisotopic (exact) mass is 301 g/mol. The van der Waals surface area contributed by atoms with Gasteiger partial charge in [0.05, 0.1) is 11.3 Å². The van der Waals surface area contributed by atoms with Crippen LogP contribution in [0.4, 0.5) is 19.1 Å². The first kappa shape index (κ1) is 13.3. The smallest absolute Gasteiger partial charge is 0.353 e. The molecule has 0 saturated heterocycles. The van der Waals surface area contributed by atoms with Gasteiger partial charge in [-0.15, -0.1) is 0 Å². The van der Waals surface area contributed by atoms with Crippen molar-refractivity contribution in [3.63, 3.8) is 0 Å². The number of aromatic nitrogens is 2. The molecule has 106 valence electrons. The zero-order valence-corrected chi connectivity index (χ0v) is 11.0. The Morgan fingerprint density at radius 3 is 2.65 bits per heavy atom. The number of rotatable bonds is 3. The van der Waals surface area contributed by atoms with Crippen LogP contribution in [0.25, 0.3) is 5.69 Å². The Hall–Kier alpha value is -1.69. The first-order chi connectivity index (χ1) is 9.43. The van der Waals surface area contributed by atoms with Crippen LogP contribution >= 0.6 is 11.6 Å². The molecule has 0 unspecified atom stereocenters. The minimum Gasteiger partial charge on any atom is -0.353 e. The van der Waals surface area contributed by atoms with Gasteiger partial charge in [0.2, 0.25) is 5.95 Å². The van der Waals surface area contributed by atoms with Gasteiger partial charge >= 0.3 is 6.18 Å². The molecule has 20 heavy (non-hydrogen) atoms. The van der Waals surface area contributed by atoms with Crippen molar-refractivity contribution in [1.29, 1.82) is 0 Å². The molecule has 1 aliphatic carbocycles. The molecule has 0 atom stereocenters. The summed E-state index contributed by atoms with van der Waals surface area (Å²) in [5.41, 5.74) is -0.434. The van der Waals surface area contributed by atoms with E-state index in [1.54, 1.807) is 17.0 Å². The van der Waals surface area contributed by atoms with Gasteiger partial charge in [-0.3, -0.25) is 4.57 Å². The molecule has 3 rings (SSSR count). The van der Waals surface area contributed by atoms with E-state index in [9.17, 15) is 13.2 Å². The van der Waals surface area contributed by atoms with Crippen molar-refractivity contribution in [3.8, 4) is 5.69 Å². The molecule has 0 bridgehead atoms. The summed E-state index contributed by atoms with van der Waals surface area (Å²) in [6.45, 7) is 0. The van der Waals surface area contributed by atoms with E-state index >= 15 is 0 Å². The van der Waals surface area contributed by atoms with E-state index in [0.717, 1.165) is 25.0 Å². The number of imidazole rings is 1. The van der Waals surface area contributed by atoms with E-state index in [1.165, 1.54) is 6.07 Å². The summed E-state index contributed by atoms with van der Waals surface area (Å²) < 4.78 is 40.0. The van der Waals surface area contributed by atoms with E-state index in [4.69, 9.17) is 11.6 Å². The Balaban J connectivity index is 2.01. The molecule has 1 aliphatic rings. The number of alkyl halides is 3.